The van der Waals surface area contributed by atoms with Crippen LogP contribution in [0.4, 0.5) is 15.0 Å². The molecule has 2 saturated heterocycles. The summed E-state index contributed by atoms with van der Waals surface area (Å²) in [7, 11) is 1.29. The Labute approximate surface area is 294 Å². The van der Waals surface area contributed by atoms with Crippen molar-refractivity contribution in [1.29, 1.82) is 0 Å². The Balaban J connectivity index is 1.09. The van der Waals surface area contributed by atoms with Crippen LogP contribution in [0, 0.1) is 5.82 Å². The van der Waals surface area contributed by atoms with Gasteiger partial charge in [-0.2, -0.15) is 0 Å². The van der Waals surface area contributed by atoms with Crippen LogP contribution < -0.4 is 15.0 Å². The molecule has 50 heavy (non-hydrogen) atoms. The number of nitrogens with zero attached hydrogens (tertiary/aromatic N) is 6. The van der Waals surface area contributed by atoms with E-state index in [1.54, 1.807) is 35.4 Å². The number of aromatic carboxylic acids is 1. The summed E-state index contributed by atoms with van der Waals surface area (Å²) in [5.41, 5.74) is 1.33. The van der Waals surface area contributed by atoms with Crippen LogP contribution in [0.25, 0.3) is 0 Å². The number of benzene rings is 2. The molecule has 5 heterocycles. The number of aliphatic imine (C=N–C) groups is 1. The van der Waals surface area contributed by atoms with Gasteiger partial charge in [0.25, 0.3) is 0 Å². The number of carbonyl (C=O) groups is 3. The zero-order valence-electron chi connectivity index (χ0n) is 26.5. The quantitative estimate of drug-likeness (QED) is 0.228. The first-order valence-electron chi connectivity index (χ1n) is 15.5. The second-order valence-corrected chi connectivity index (χ2v) is 13.0. The lowest BCUT2D eigenvalue weighted by atomic mass is 9.95. The molecule has 0 bridgehead atoms. The van der Waals surface area contributed by atoms with E-state index in [1.807, 2.05) is 10.3 Å². The Bertz CT molecular complexity index is 2030. The predicted octanol–water partition coefficient (Wildman–Crippen LogP) is 4.97. The summed E-state index contributed by atoms with van der Waals surface area (Å²) in [5.74, 6) is -0.533. The zero-order valence-corrected chi connectivity index (χ0v) is 28.0. The highest BCUT2D eigenvalue weighted by molar-refractivity contribution is 7.11. The van der Waals surface area contributed by atoms with Crippen molar-refractivity contribution in [3.63, 3.8) is 0 Å². The summed E-state index contributed by atoms with van der Waals surface area (Å²) in [5, 5.41) is 15.1. The number of carboxylic acid groups (broad SMARTS) is 1. The fraction of sp³-hybridized carbons (Fsp3) is 0.235. The molecule has 2 amide bonds. The van der Waals surface area contributed by atoms with E-state index < -0.39 is 23.8 Å². The molecular formula is C34H29ClFN7O6S. The highest BCUT2D eigenvalue weighted by atomic mass is 35.5. The van der Waals surface area contributed by atoms with Crippen LogP contribution in [0.3, 0.4) is 0 Å². The third kappa shape index (κ3) is 6.62. The van der Waals surface area contributed by atoms with Crippen molar-refractivity contribution in [2.24, 2.45) is 4.99 Å². The van der Waals surface area contributed by atoms with Gasteiger partial charge in [-0.3, -0.25) is 14.8 Å². The molecule has 2 N–H and O–H groups in total. The van der Waals surface area contributed by atoms with Gasteiger partial charge in [0, 0.05) is 54.0 Å². The first-order chi connectivity index (χ1) is 24.2. The number of carbonyl (C=O) groups excluding carboxylic acids is 2. The lowest BCUT2D eigenvalue weighted by molar-refractivity contribution is -0.136. The average molecular weight is 718 g/mol. The first-order valence-corrected chi connectivity index (χ1v) is 16.7. The SMILES string of the molecule is COC(=O)C1=C(CN2CCN3C(=O)N(c4ccc(Oc5cccc(C(=O)O)c5)cn4)C[C@@H]3C2)NC(c2nccs2)=NC1c1ccc(F)cc1Cl. The Morgan fingerprint density at radius 2 is 1.96 bits per heavy atom. The number of thiazole rings is 1. The van der Waals surface area contributed by atoms with Crippen LogP contribution in [0.5, 0.6) is 11.5 Å². The van der Waals surface area contributed by atoms with E-state index in [9.17, 15) is 23.9 Å². The van der Waals surface area contributed by atoms with Crippen LogP contribution in [-0.4, -0.2) is 94.6 Å². The molecule has 256 valence electrons. The van der Waals surface area contributed by atoms with Gasteiger partial charge in [0.15, 0.2) is 10.8 Å². The molecule has 2 atom stereocenters. The van der Waals surface area contributed by atoms with Crippen molar-refractivity contribution < 1.29 is 33.4 Å². The standard InChI is InChI=1S/C34H29ClFN7O6S/c1-48-33(46)28-26(39-30(31-37-9-12-50-31)40-29(28)24-7-5-20(36)14-25(24)35)18-41-10-11-42-21(16-41)17-43(34(42)47)27-8-6-23(15-38-27)49-22-4-2-3-19(13-22)32(44)45/h2-9,12-15,21,29H,10-11,16-18H2,1H3,(H,39,40)(H,44,45)/t21-,29?/m0/s1. The van der Waals surface area contributed by atoms with Crippen molar-refractivity contribution in [2.45, 2.75) is 12.1 Å². The number of piperazine rings is 1. The second-order valence-electron chi connectivity index (χ2n) is 11.7. The van der Waals surface area contributed by atoms with Crippen LogP contribution in [0.2, 0.25) is 5.02 Å². The van der Waals surface area contributed by atoms with Gasteiger partial charge < -0.3 is 24.8 Å². The fourth-order valence-corrected chi connectivity index (χ4v) is 7.08. The highest BCUT2D eigenvalue weighted by Gasteiger charge is 2.42. The number of fused-ring (bicyclic) bond motifs is 1. The maximum Gasteiger partial charge on any atom is 0.338 e. The molecule has 4 aromatic rings. The molecule has 2 aromatic carbocycles. The Kier molecular flexibility index (Phi) is 9.18. The number of amides is 2. The average Bonchev–Trinajstić information content (AvgIpc) is 3.77. The second kappa shape index (κ2) is 13.9. The topological polar surface area (TPSA) is 150 Å². The number of pyridine rings is 1. The largest absolute Gasteiger partial charge is 0.478 e. The number of carboxylic acids is 1. The summed E-state index contributed by atoms with van der Waals surface area (Å²) in [6, 6.07) is 12.2. The summed E-state index contributed by atoms with van der Waals surface area (Å²) < 4.78 is 25.0. The Hall–Kier alpha value is -5.38. The van der Waals surface area contributed by atoms with E-state index in [4.69, 9.17) is 26.1 Å². The molecule has 3 aliphatic heterocycles. The minimum Gasteiger partial charge on any atom is -0.478 e. The number of methoxy groups -OCH3 is 1. The molecule has 0 aliphatic carbocycles. The van der Waals surface area contributed by atoms with E-state index >= 15 is 0 Å². The van der Waals surface area contributed by atoms with E-state index in [1.165, 1.54) is 55.0 Å². The molecule has 2 aromatic heterocycles. The third-order valence-electron chi connectivity index (χ3n) is 8.56. The van der Waals surface area contributed by atoms with E-state index in [0.29, 0.717) is 72.1 Å². The lowest BCUT2D eigenvalue weighted by Crippen LogP contribution is -2.53. The Morgan fingerprint density at radius 1 is 1.10 bits per heavy atom. The summed E-state index contributed by atoms with van der Waals surface area (Å²) in [4.78, 5) is 57.3. The minimum absolute atomic E-state index is 0.0997. The molecule has 13 nitrogen and oxygen atoms in total. The number of aromatic nitrogens is 2. The number of amidine groups is 1. The predicted molar refractivity (Wildman–Crippen MR) is 182 cm³/mol. The number of rotatable bonds is 9. The third-order valence-corrected chi connectivity index (χ3v) is 9.66. The smallest absolute Gasteiger partial charge is 0.338 e. The van der Waals surface area contributed by atoms with Crippen molar-refractivity contribution >= 4 is 52.6 Å². The molecular weight excluding hydrogens is 689 g/mol. The fourth-order valence-electron chi connectivity index (χ4n) is 6.22. The van der Waals surface area contributed by atoms with Crippen LogP contribution >= 0.6 is 22.9 Å². The number of halogens is 2. The molecule has 0 saturated carbocycles. The first kappa shape index (κ1) is 33.1. The summed E-state index contributed by atoms with van der Waals surface area (Å²) >= 11 is 7.86. The summed E-state index contributed by atoms with van der Waals surface area (Å²) in [6.07, 6.45) is 3.14. The van der Waals surface area contributed by atoms with Gasteiger partial charge in [-0.1, -0.05) is 23.7 Å². The zero-order chi connectivity index (χ0) is 34.9. The van der Waals surface area contributed by atoms with Gasteiger partial charge in [0.1, 0.15) is 29.2 Å². The molecule has 0 radical (unpaired) electrons. The lowest BCUT2D eigenvalue weighted by Gasteiger charge is -2.38. The maximum absolute atomic E-state index is 14.0. The molecule has 0 spiro atoms. The van der Waals surface area contributed by atoms with Gasteiger partial charge in [0.05, 0.1) is 37.0 Å². The van der Waals surface area contributed by atoms with Gasteiger partial charge in [-0.25, -0.2) is 28.7 Å². The van der Waals surface area contributed by atoms with Crippen LogP contribution in [-0.2, 0) is 9.53 Å². The number of anilines is 1. The van der Waals surface area contributed by atoms with Gasteiger partial charge >= 0.3 is 18.0 Å². The highest BCUT2D eigenvalue weighted by Crippen LogP contribution is 2.37. The van der Waals surface area contributed by atoms with E-state index in [-0.39, 0.29) is 28.2 Å². The van der Waals surface area contributed by atoms with Crippen molar-refractivity contribution in [3.8, 4) is 11.5 Å². The number of hydrogen-bond donors (Lipinski definition) is 2. The van der Waals surface area contributed by atoms with Crippen molar-refractivity contribution in [3.05, 3.63) is 111 Å². The van der Waals surface area contributed by atoms with Crippen molar-refractivity contribution in [2.75, 3.05) is 44.7 Å². The molecule has 2 fully saturated rings. The van der Waals surface area contributed by atoms with Crippen molar-refractivity contribution in [1.82, 2.24) is 25.1 Å². The minimum atomic E-state index is -1.06. The molecule has 7 rings (SSSR count). The van der Waals surface area contributed by atoms with Crippen LogP contribution in [0.1, 0.15) is 27.0 Å². The van der Waals surface area contributed by atoms with Gasteiger partial charge in [-0.15, -0.1) is 11.3 Å². The number of hydrogen-bond acceptors (Lipinski definition) is 11. The molecule has 1 unspecified atom stereocenters. The van der Waals surface area contributed by atoms with E-state index in [2.05, 4.69) is 20.2 Å². The molecule has 16 heteroatoms. The van der Waals surface area contributed by atoms with E-state index in [0.717, 1.165) is 0 Å². The van der Waals surface area contributed by atoms with Crippen LogP contribution in [0.15, 0.2) is 88.6 Å². The number of urea groups is 1. The molecule has 3 aliphatic rings. The maximum atomic E-state index is 14.0. The van der Waals surface area contributed by atoms with Gasteiger partial charge in [-0.05, 0) is 42.5 Å². The normalized spacial score (nSPS) is 19.2. The Morgan fingerprint density at radius 3 is 2.68 bits per heavy atom. The monoisotopic (exact) mass is 717 g/mol. The number of nitrogens with one attached hydrogen (secondary N) is 1. The number of ether oxygens (including phenoxy) is 2. The number of esters is 1. The summed E-state index contributed by atoms with van der Waals surface area (Å²) in [6.45, 7) is 2.17. The van der Waals surface area contributed by atoms with Gasteiger partial charge in [0.2, 0.25) is 0 Å².